The van der Waals surface area contributed by atoms with Gasteiger partial charge in [0.25, 0.3) is 0 Å². The van der Waals surface area contributed by atoms with Crippen LogP contribution in [0.4, 0.5) is 3.89 Å². The highest BCUT2D eigenvalue weighted by Gasteiger charge is 2.26. The summed E-state index contributed by atoms with van der Waals surface area (Å²) in [5, 5.41) is 21.6. The van der Waals surface area contributed by atoms with Crippen molar-refractivity contribution in [3.8, 4) is 0 Å². The maximum atomic E-state index is 13.3. The summed E-state index contributed by atoms with van der Waals surface area (Å²) >= 11 is 0. The van der Waals surface area contributed by atoms with Crippen LogP contribution in [0, 0.1) is 13.8 Å². The molecule has 0 aliphatic carbocycles. The van der Waals surface area contributed by atoms with Gasteiger partial charge in [0.05, 0.1) is 6.54 Å². The Morgan fingerprint density at radius 1 is 1.42 bits per heavy atom. The minimum atomic E-state index is -5.02. The van der Waals surface area contributed by atoms with Gasteiger partial charge in [-0.2, -0.15) is 8.42 Å². The van der Waals surface area contributed by atoms with Crippen molar-refractivity contribution in [3.05, 3.63) is 33.2 Å². The van der Waals surface area contributed by atoms with Gasteiger partial charge in [0, 0.05) is 4.91 Å². The molecule has 0 heterocycles. The van der Waals surface area contributed by atoms with Crippen molar-refractivity contribution >= 4 is 22.8 Å². The van der Waals surface area contributed by atoms with Gasteiger partial charge in [-0.15, -0.1) is 3.89 Å². The molecular formula is C9H11BFN3O4S. The Morgan fingerprint density at radius 3 is 2.42 bits per heavy atom. The van der Waals surface area contributed by atoms with Gasteiger partial charge < -0.3 is 10.0 Å². The summed E-state index contributed by atoms with van der Waals surface area (Å²) in [6, 6.07) is 1.28. The molecule has 7 nitrogen and oxygen atoms in total. The second-order valence-corrected chi connectivity index (χ2v) is 5.19. The first-order chi connectivity index (χ1) is 8.70. The second-order valence-electron chi connectivity index (χ2n) is 3.90. The summed E-state index contributed by atoms with van der Waals surface area (Å²) in [4.78, 5) is 1.89. The quantitative estimate of drug-likeness (QED) is 0.274. The summed E-state index contributed by atoms with van der Waals surface area (Å²) in [7, 11) is -6.98. The van der Waals surface area contributed by atoms with Gasteiger partial charge >= 0.3 is 17.3 Å². The van der Waals surface area contributed by atoms with E-state index in [4.69, 9.17) is 5.53 Å². The van der Waals surface area contributed by atoms with Crippen LogP contribution in [0.15, 0.2) is 16.1 Å². The molecule has 0 saturated carbocycles. The molecule has 0 aliphatic heterocycles. The third-order valence-electron chi connectivity index (χ3n) is 2.75. The Morgan fingerprint density at radius 2 is 2.00 bits per heavy atom. The molecule has 102 valence electrons. The first-order valence-electron chi connectivity index (χ1n) is 5.14. The number of azide groups is 1. The molecule has 0 amide bonds. The highest BCUT2D eigenvalue weighted by atomic mass is 32.3. The monoisotopic (exact) mass is 287 g/mol. The normalized spacial score (nSPS) is 11.0. The summed E-state index contributed by atoms with van der Waals surface area (Å²) < 4.78 is 35.6. The zero-order chi connectivity index (χ0) is 14.8. The maximum absolute atomic E-state index is 13.3. The van der Waals surface area contributed by atoms with E-state index >= 15 is 0 Å². The van der Waals surface area contributed by atoms with Crippen LogP contribution in [0.3, 0.4) is 0 Å². The zero-order valence-corrected chi connectivity index (χ0v) is 11.0. The minimum absolute atomic E-state index is 0.0804. The van der Waals surface area contributed by atoms with E-state index in [0.717, 1.165) is 0 Å². The third-order valence-corrected chi connectivity index (χ3v) is 3.85. The molecule has 0 bridgehead atoms. The maximum Gasteiger partial charge on any atom is 0.488 e. The van der Waals surface area contributed by atoms with Gasteiger partial charge in [-0.3, -0.25) is 0 Å². The zero-order valence-electron chi connectivity index (χ0n) is 10.2. The summed E-state index contributed by atoms with van der Waals surface area (Å²) in [5.41, 5.74) is 8.31. The highest BCUT2D eigenvalue weighted by Crippen LogP contribution is 2.24. The van der Waals surface area contributed by atoms with E-state index in [9.17, 15) is 22.4 Å². The third kappa shape index (κ3) is 3.24. The first-order valence-corrected chi connectivity index (χ1v) is 6.53. The lowest BCUT2D eigenvalue weighted by Crippen LogP contribution is -2.34. The standard InChI is InChI=1S/C9H11BFN3O4S/c1-5-7(4-13-14-12)3-8(10(15)16)6(2)9(5)19(11,17)18/h3,15-16H,4H2,1-2H3. The smallest absolute Gasteiger partial charge is 0.423 e. The fourth-order valence-corrected chi connectivity index (χ4v) is 2.85. The van der Waals surface area contributed by atoms with Gasteiger partial charge in [-0.25, -0.2) is 0 Å². The van der Waals surface area contributed by atoms with Crippen molar-refractivity contribution in [1.29, 1.82) is 0 Å². The summed E-state index contributed by atoms with van der Waals surface area (Å²) in [6.45, 7) is 2.41. The van der Waals surface area contributed by atoms with E-state index in [1.165, 1.54) is 19.9 Å². The van der Waals surface area contributed by atoms with Gasteiger partial charge in [0.2, 0.25) is 0 Å². The molecular weight excluding hydrogens is 276 g/mol. The van der Waals surface area contributed by atoms with Crippen molar-refractivity contribution in [2.24, 2.45) is 5.11 Å². The molecule has 19 heavy (non-hydrogen) atoms. The van der Waals surface area contributed by atoms with Crippen LogP contribution < -0.4 is 5.46 Å². The lowest BCUT2D eigenvalue weighted by atomic mass is 9.75. The second kappa shape index (κ2) is 5.58. The van der Waals surface area contributed by atoms with Gasteiger partial charge in [0.15, 0.2) is 0 Å². The predicted octanol–water partition coefficient (Wildman–Crippen LogP) is 0.452. The molecule has 0 radical (unpaired) electrons. The van der Waals surface area contributed by atoms with Crippen molar-refractivity contribution in [2.75, 3.05) is 0 Å². The predicted molar refractivity (Wildman–Crippen MR) is 66.9 cm³/mol. The van der Waals surface area contributed by atoms with E-state index < -0.39 is 22.2 Å². The van der Waals surface area contributed by atoms with Crippen LogP contribution >= 0.6 is 0 Å². The lowest BCUT2D eigenvalue weighted by molar-refractivity contribution is 0.425. The molecule has 10 heteroatoms. The molecule has 1 aromatic rings. The Bertz CT molecular complexity index is 656. The van der Waals surface area contributed by atoms with E-state index in [0.29, 0.717) is 0 Å². The highest BCUT2D eigenvalue weighted by molar-refractivity contribution is 7.86. The Hall–Kier alpha value is -1.61. The van der Waals surface area contributed by atoms with E-state index in [1.54, 1.807) is 0 Å². The summed E-state index contributed by atoms with van der Waals surface area (Å²) in [5.74, 6) is 0. The number of hydrogen-bond acceptors (Lipinski definition) is 5. The lowest BCUT2D eigenvalue weighted by Gasteiger charge is -2.14. The number of nitrogens with zero attached hydrogens (tertiary/aromatic N) is 3. The molecule has 2 N–H and O–H groups in total. The molecule has 0 atom stereocenters. The molecule has 0 spiro atoms. The van der Waals surface area contributed by atoms with Crippen LogP contribution in [0.2, 0.25) is 0 Å². The average Bonchev–Trinajstić information content (AvgIpc) is 2.25. The van der Waals surface area contributed by atoms with Crippen molar-refractivity contribution in [1.82, 2.24) is 0 Å². The van der Waals surface area contributed by atoms with Gasteiger partial charge in [-0.1, -0.05) is 11.2 Å². The Kier molecular flexibility index (Phi) is 4.54. The van der Waals surface area contributed by atoms with Gasteiger partial charge in [-0.05, 0) is 41.5 Å². The van der Waals surface area contributed by atoms with Crippen LogP contribution in [0.5, 0.6) is 0 Å². The van der Waals surface area contributed by atoms with Crippen LogP contribution in [0.1, 0.15) is 16.7 Å². The summed E-state index contributed by atoms with van der Waals surface area (Å²) in [6.07, 6.45) is 0. The Labute approximate surface area is 109 Å². The van der Waals surface area contributed by atoms with Gasteiger partial charge in [0.1, 0.15) is 4.90 Å². The van der Waals surface area contributed by atoms with Crippen LogP contribution in [0.25, 0.3) is 10.4 Å². The molecule has 1 rings (SSSR count). The molecule has 1 aromatic carbocycles. The minimum Gasteiger partial charge on any atom is -0.423 e. The Balaban J connectivity index is 3.70. The topological polar surface area (TPSA) is 123 Å². The largest absolute Gasteiger partial charge is 0.488 e. The number of hydrogen-bond donors (Lipinski definition) is 2. The number of benzene rings is 1. The van der Waals surface area contributed by atoms with E-state index in [1.807, 2.05) is 0 Å². The molecule has 0 saturated heterocycles. The van der Waals surface area contributed by atoms with Crippen molar-refractivity contribution < 1.29 is 22.4 Å². The molecule has 0 aromatic heterocycles. The van der Waals surface area contributed by atoms with Crippen LogP contribution in [-0.2, 0) is 16.8 Å². The molecule has 0 fully saturated rings. The van der Waals surface area contributed by atoms with E-state index in [2.05, 4.69) is 10.0 Å². The SMILES string of the molecule is Cc1c(CN=[N+]=[N-])cc(B(O)O)c(C)c1S(=O)(=O)F. The fourth-order valence-electron chi connectivity index (χ4n) is 1.87. The molecule has 0 aliphatic rings. The first kappa shape index (κ1) is 15.5. The van der Waals surface area contributed by atoms with Crippen molar-refractivity contribution in [3.63, 3.8) is 0 Å². The fraction of sp³-hybridized carbons (Fsp3) is 0.333. The average molecular weight is 287 g/mol. The van der Waals surface area contributed by atoms with Crippen LogP contribution in [-0.4, -0.2) is 25.6 Å². The number of rotatable bonds is 4. The molecule has 0 unspecified atom stereocenters. The number of halogens is 1. The van der Waals surface area contributed by atoms with E-state index in [-0.39, 0.29) is 28.7 Å². The van der Waals surface area contributed by atoms with Crippen molar-refractivity contribution in [2.45, 2.75) is 25.3 Å².